The Labute approximate surface area is 220 Å². The predicted molar refractivity (Wildman–Crippen MR) is 127 cm³/mol. The Balaban J connectivity index is 1.47. The fourth-order valence-corrected chi connectivity index (χ4v) is 6.56. The summed E-state index contributed by atoms with van der Waals surface area (Å²) in [7, 11) is 0. The molecule has 5 N–H and O–H groups in total. The highest BCUT2D eigenvalue weighted by Gasteiger charge is 2.59. The maximum Gasteiger partial charge on any atom is 0.425 e. The first kappa shape index (κ1) is 27.4. The number of tetrazole rings is 1. The second-order valence-electron chi connectivity index (χ2n) is 8.32. The number of nitrogens with one attached hydrogen (secondary N) is 2. The first-order valence-corrected chi connectivity index (χ1v) is 12.7. The van der Waals surface area contributed by atoms with Crippen LogP contribution in [0, 0.1) is 5.41 Å². The summed E-state index contributed by atoms with van der Waals surface area (Å²) < 4.78 is 37.6. The number of carbonyl (C=O) groups is 3. The van der Waals surface area contributed by atoms with Crippen molar-refractivity contribution in [2.24, 2.45) is 10.6 Å². The van der Waals surface area contributed by atoms with Crippen molar-refractivity contribution in [2.45, 2.75) is 34.9 Å². The molecule has 2 aromatic rings. The minimum Gasteiger partial charge on any atom is -0.481 e. The van der Waals surface area contributed by atoms with Gasteiger partial charge >= 0.3 is 12.1 Å². The maximum absolute atomic E-state index is 13.0. The van der Waals surface area contributed by atoms with Crippen molar-refractivity contribution in [3.63, 3.8) is 0 Å². The lowest BCUT2D eigenvalue weighted by Gasteiger charge is -2.54. The highest BCUT2D eigenvalue weighted by atomic mass is 32.2. The fourth-order valence-electron chi connectivity index (χ4n) is 3.79. The van der Waals surface area contributed by atoms with Crippen LogP contribution < -0.4 is 11.1 Å². The van der Waals surface area contributed by atoms with E-state index in [2.05, 4.69) is 40.9 Å². The number of oxime groups is 1. The molecular formula is C19H20F3N9O5S2. The van der Waals surface area contributed by atoms with Gasteiger partial charge in [0.05, 0.1) is 0 Å². The summed E-state index contributed by atoms with van der Waals surface area (Å²) >= 11 is 2.27. The van der Waals surface area contributed by atoms with Gasteiger partial charge in [-0.15, -0.1) is 16.9 Å². The Kier molecular flexibility index (Phi) is 7.68. The van der Waals surface area contributed by atoms with Crippen LogP contribution in [0.25, 0.3) is 0 Å². The topological polar surface area (TPSA) is 202 Å². The third-order valence-corrected chi connectivity index (χ3v) is 8.57. The van der Waals surface area contributed by atoms with Crippen LogP contribution in [-0.4, -0.2) is 101 Å². The summed E-state index contributed by atoms with van der Waals surface area (Å²) in [4.78, 5) is 47.7. The number of amides is 2. The van der Waals surface area contributed by atoms with E-state index in [4.69, 9.17) is 5.73 Å². The number of nitrogen functional groups attached to an aromatic ring is 1. The van der Waals surface area contributed by atoms with Crippen molar-refractivity contribution >= 4 is 52.8 Å². The number of rotatable bonds is 9. The molecule has 204 valence electrons. The quantitative estimate of drug-likeness (QED) is 0.136. The summed E-state index contributed by atoms with van der Waals surface area (Å²) in [5.74, 6) is -2.60. The molecule has 3 unspecified atom stereocenters. The number of nitrogens with zero attached hydrogens (tertiary/aromatic N) is 6. The number of fused-ring (bicyclic) bond motifs is 1. The molecule has 19 heteroatoms. The number of anilines is 1. The molecule has 4 rings (SSSR count). The summed E-state index contributed by atoms with van der Waals surface area (Å²) in [6.07, 6.45) is -4.70. The number of aliphatic carboxylic acids is 1. The average molecular weight is 576 g/mol. The van der Waals surface area contributed by atoms with Gasteiger partial charge in [0.1, 0.15) is 28.3 Å². The Bertz CT molecular complexity index is 1250. The van der Waals surface area contributed by atoms with E-state index in [1.807, 2.05) is 0 Å². The number of aromatic amines is 1. The van der Waals surface area contributed by atoms with Crippen LogP contribution >= 0.6 is 23.5 Å². The normalized spacial score (nSPS) is 24.3. The molecule has 2 aliphatic rings. The molecule has 38 heavy (non-hydrogen) atoms. The molecule has 2 aliphatic heterocycles. The number of carboxylic acid groups (broad SMARTS) is 1. The Morgan fingerprint density at radius 2 is 2.24 bits per heavy atom. The first-order chi connectivity index (χ1) is 17.9. The van der Waals surface area contributed by atoms with E-state index in [1.165, 1.54) is 23.1 Å². The molecule has 0 aromatic carbocycles. The fraction of sp³-hybridized carbons (Fsp3) is 0.474. The van der Waals surface area contributed by atoms with Gasteiger partial charge in [-0.1, -0.05) is 29.9 Å². The number of hydrogen-bond donors (Lipinski definition) is 4. The zero-order chi connectivity index (χ0) is 27.7. The molecule has 14 nitrogen and oxygen atoms in total. The van der Waals surface area contributed by atoms with Gasteiger partial charge in [-0.3, -0.25) is 14.4 Å². The minimum absolute atomic E-state index is 0.0225. The highest BCUT2D eigenvalue weighted by molar-refractivity contribution is 8.01. The summed E-state index contributed by atoms with van der Waals surface area (Å²) in [5.41, 5.74) is 3.50. The monoisotopic (exact) mass is 575 g/mol. The molecule has 4 heterocycles. The van der Waals surface area contributed by atoms with E-state index < -0.39 is 58.4 Å². The van der Waals surface area contributed by atoms with E-state index in [9.17, 15) is 32.7 Å². The zero-order valence-electron chi connectivity index (χ0n) is 19.4. The average Bonchev–Trinajstić information content (AvgIpc) is 3.36. The van der Waals surface area contributed by atoms with Crippen molar-refractivity contribution in [2.75, 3.05) is 24.6 Å². The second-order valence-corrected chi connectivity index (χ2v) is 10.8. The van der Waals surface area contributed by atoms with E-state index in [-0.39, 0.29) is 23.8 Å². The van der Waals surface area contributed by atoms with Crippen LogP contribution in [0.2, 0.25) is 0 Å². The molecule has 2 saturated heterocycles. The van der Waals surface area contributed by atoms with Crippen molar-refractivity contribution in [3.05, 3.63) is 23.9 Å². The number of carbonyl (C=O) groups excluding carboxylic acids is 2. The van der Waals surface area contributed by atoms with Gasteiger partial charge in [0, 0.05) is 17.5 Å². The number of alkyl halides is 3. The molecular weight excluding hydrogens is 555 g/mol. The van der Waals surface area contributed by atoms with E-state index in [0.717, 1.165) is 23.5 Å². The van der Waals surface area contributed by atoms with E-state index in [1.54, 1.807) is 6.92 Å². The van der Waals surface area contributed by atoms with Gasteiger partial charge < -0.3 is 25.9 Å². The minimum atomic E-state index is -4.70. The smallest absolute Gasteiger partial charge is 0.425 e. The van der Waals surface area contributed by atoms with E-state index >= 15 is 0 Å². The van der Waals surface area contributed by atoms with E-state index in [0.29, 0.717) is 5.16 Å². The van der Waals surface area contributed by atoms with Crippen LogP contribution in [0.4, 0.5) is 19.0 Å². The third kappa shape index (κ3) is 5.62. The molecule has 0 aliphatic carbocycles. The molecule has 0 saturated carbocycles. The largest absolute Gasteiger partial charge is 0.481 e. The van der Waals surface area contributed by atoms with Crippen molar-refractivity contribution in [1.82, 2.24) is 35.8 Å². The summed E-state index contributed by atoms with van der Waals surface area (Å²) in [6.45, 7) is -0.195. The molecule has 0 bridgehead atoms. The number of hydrogen-bond acceptors (Lipinski definition) is 12. The highest BCUT2D eigenvalue weighted by Crippen LogP contribution is 2.47. The van der Waals surface area contributed by atoms with Gasteiger partial charge in [0.15, 0.2) is 5.71 Å². The number of aromatic nitrogens is 5. The number of thioether (sulfide) groups is 2. The number of carboxylic acids is 1. The molecule has 2 amide bonds. The van der Waals surface area contributed by atoms with Crippen molar-refractivity contribution in [1.29, 1.82) is 0 Å². The van der Waals surface area contributed by atoms with Gasteiger partial charge in [0.25, 0.3) is 5.91 Å². The molecule has 2 aromatic heterocycles. The molecule has 0 radical (unpaired) electrons. The lowest BCUT2D eigenvalue weighted by Crippen LogP contribution is -2.74. The lowest BCUT2D eigenvalue weighted by molar-refractivity contribution is -0.174. The predicted octanol–water partition coefficient (Wildman–Crippen LogP) is 0.112. The van der Waals surface area contributed by atoms with Gasteiger partial charge in [-0.05, 0) is 22.6 Å². The van der Waals surface area contributed by atoms with Gasteiger partial charge in [0.2, 0.25) is 17.7 Å². The summed E-state index contributed by atoms with van der Waals surface area (Å²) in [5, 5.41) is 28.2. The van der Waals surface area contributed by atoms with Crippen molar-refractivity contribution in [3.8, 4) is 0 Å². The third-order valence-electron chi connectivity index (χ3n) is 5.82. The maximum atomic E-state index is 13.0. The lowest BCUT2D eigenvalue weighted by atomic mass is 9.84. The second kappa shape index (κ2) is 10.6. The number of β-lactam (4-membered cyclic amide) rings is 1. The molecule has 4 atom stereocenters. The van der Waals surface area contributed by atoms with Crippen LogP contribution in [-0.2, 0) is 19.2 Å². The molecule has 2 fully saturated rings. The number of H-pyrrole nitrogens is 1. The Hall–Kier alpha value is -3.61. The van der Waals surface area contributed by atoms with Crippen LogP contribution in [0.1, 0.15) is 12.6 Å². The zero-order valence-corrected chi connectivity index (χ0v) is 21.0. The SMILES string of the molecule is CC(Sc1nnn[nH]1)C1(C(=O)O)CS[C@@H]2C(NC(=O)C(=NOCC(F)(F)F)c3cccc(N)n3)C(=O)N2C1. The first-order valence-electron chi connectivity index (χ1n) is 10.8. The molecule has 0 spiro atoms. The Morgan fingerprint density at radius 3 is 2.87 bits per heavy atom. The van der Waals surface area contributed by atoms with Gasteiger partial charge in [-0.2, -0.15) is 13.2 Å². The van der Waals surface area contributed by atoms with Crippen molar-refractivity contribution < 1.29 is 37.5 Å². The Morgan fingerprint density at radius 1 is 1.47 bits per heavy atom. The van der Waals surface area contributed by atoms with Crippen LogP contribution in [0.15, 0.2) is 28.5 Å². The van der Waals surface area contributed by atoms with Gasteiger partial charge in [-0.25, -0.2) is 10.1 Å². The number of pyridine rings is 1. The number of nitrogens with two attached hydrogens (primary N) is 1. The summed E-state index contributed by atoms with van der Waals surface area (Å²) in [6, 6.07) is 3.03. The van der Waals surface area contributed by atoms with Crippen LogP contribution in [0.3, 0.4) is 0 Å². The number of halogens is 3. The van der Waals surface area contributed by atoms with Crippen LogP contribution in [0.5, 0.6) is 0 Å². The standard InChI is InChI=1S/C19H20F3N9O5S2/c1-8(38-17-26-29-30-27-17)18(16(34)35)5-31-14(33)12(15(31)37-7-18)25-13(32)11(28-36-6-19(20,21)22)9-3-2-4-10(23)24-9/h2-4,8,12,15H,5-7H2,1H3,(H2,23,24)(H,25,32)(H,34,35)(H,26,27,29,30)/t8?,12?,15-,18?/m1/s1.